The maximum absolute atomic E-state index is 12.1. The maximum atomic E-state index is 12.1. The van der Waals surface area contributed by atoms with E-state index in [4.69, 9.17) is 23.2 Å². The molecular formula is C13H14Cl2N4O. The van der Waals surface area contributed by atoms with Crippen LogP contribution < -0.4 is 11.0 Å². The van der Waals surface area contributed by atoms with Gasteiger partial charge in [0.05, 0.1) is 10.7 Å². The third kappa shape index (κ3) is 2.49. The van der Waals surface area contributed by atoms with E-state index in [9.17, 15) is 4.79 Å². The molecule has 0 amide bonds. The van der Waals surface area contributed by atoms with Crippen molar-refractivity contribution in [1.82, 2.24) is 20.1 Å². The Bertz CT molecular complexity index is 673. The summed E-state index contributed by atoms with van der Waals surface area (Å²) in [4.78, 5) is 12.1. The summed E-state index contributed by atoms with van der Waals surface area (Å²) in [5.41, 5.74) is 0.272. The van der Waals surface area contributed by atoms with Crippen molar-refractivity contribution >= 4 is 23.2 Å². The topological polar surface area (TPSA) is 62.7 Å². The Hall–Kier alpha value is -1.30. The van der Waals surface area contributed by atoms with Gasteiger partial charge in [0.25, 0.3) is 0 Å². The minimum Gasteiger partial charge on any atom is -0.316 e. The van der Waals surface area contributed by atoms with Gasteiger partial charge in [0.2, 0.25) is 0 Å². The van der Waals surface area contributed by atoms with E-state index < -0.39 is 0 Å². The Morgan fingerprint density at radius 3 is 2.95 bits per heavy atom. The summed E-state index contributed by atoms with van der Waals surface area (Å²) in [6, 6.07) is 5.06. The second kappa shape index (κ2) is 5.60. The van der Waals surface area contributed by atoms with Crippen molar-refractivity contribution in [1.29, 1.82) is 0 Å². The standard InChI is InChI=1S/C13H14Cl2N4O/c14-9-3-4-10(15)11(6-9)19-12(17-18-13(19)20)8-2-1-5-16-7-8/h3-4,6,8,16H,1-2,5,7H2,(H,18,20). The number of aromatic nitrogens is 3. The molecule has 3 rings (SSSR count). The Balaban J connectivity index is 2.11. The van der Waals surface area contributed by atoms with Crippen LogP contribution in [0.5, 0.6) is 0 Å². The zero-order valence-electron chi connectivity index (χ0n) is 10.7. The zero-order valence-corrected chi connectivity index (χ0v) is 12.2. The molecule has 2 N–H and O–H groups in total. The average Bonchev–Trinajstić information content (AvgIpc) is 2.84. The van der Waals surface area contributed by atoms with Crippen LogP contribution in [0.4, 0.5) is 0 Å². The highest BCUT2D eigenvalue weighted by Gasteiger charge is 2.23. The number of rotatable bonds is 2. The van der Waals surface area contributed by atoms with Gasteiger partial charge in [-0.25, -0.2) is 14.5 Å². The lowest BCUT2D eigenvalue weighted by Gasteiger charge is -2.22. The van der Waals surface area contributed by atoms with Crippen LogP contribution in [0.1, 0.15) is 24.6 Å². The molecule has 5 nitrogen and oxygen atoms in total. The number of hydrogen-bond donors (Lipinski definition) is 2. The summed E-state index contributed by atoms with van der Waals surface area (Å²) in [5, 5.41) is 11.0. The van der Waals surface area contributed by atoms with Gasteiger partial charge in [0.15, 0.2) is 0 Å². The molecule has 106 valence electrons. The number of halogens is 2. The molecule has 1 aromatic carbocycles. The fraction of sp³-hybridized carbons (Fsp3) is 0.385. The second-order valence-electron chi connectivity index (χ2n) is 4.86. The third-order valence-corrected chi connectivity index (χ3v) is 4.06. The van der Waals surface area contributed by atoms with E-state index in [0.717, 1.165) is 25.9 Å². The van der Waals surface area contributed by atoms with Crippen molar-refractivity contribution in [3.8, 4) is 5.69 Å². The van der Waals surface area contributed by atoms with Gasteiger partial charge in [-0.3, -0.25) is 0 Å². The normalized spacial score (nSPS) is 19.2. The lowest BCUT2D eigenvalue weighted by molar-refractivity contribution is 0.442. The van der Waals surface area contributed by atoms with Crippen LogP contribution in [0.3, 0.4) is 0 Å². The van der Waals surface area contributed by atoms with Crippen molar-refractivity contribution in [2.75, 3.05) is 13.1 Å². The Kier molecular flexibility index (Phi) is 3.83. The van der Waals surface area contributed by atoms with E-state index in [1.54, 1.807) is 18.2 Å². The van der Waals surface area contributed by atoms with E-state index >= 15 is 0 Å². The molecule has 1 saturated heterocycles. The first kappa shape index (κ1) is 13.7. The minimum absolute atomic E-state index is 0.192. The predicted octanol–water partition coefficient (Wildman–Crippen LogP) is 2.33. The fourth-order valence-corrected chi connectivity index (χ4v) is 2.91. The lowest BCUT2D eigenvalue weighted by Crippen LogP contribution is -2.31. The van der Waals surface area contributed by atoms with Crippen LogP contribution in [0.2, 0.25) is 10.0 Å². The van der Waals surface area contributed by atoms with Crippen LogP contribution in [-0.4, -0.2) is 27.9 Å². The highest BCUT2D eigenvalue weighted by atomic mass is 35.5. The predicted molar refractivity (Wildman–Crippen MR) is 79.0 cm³/mol. The zero-order chi connectivity index (χ0) is 14.1. The van der Waals surface area contributed by atoms with Crippen molar-refractivity contribution < 1.29 is 0 Å². The first-order valence-electron chi connectivity index (χ1n) is 6.50. The molecular weight excluding hydrogens is 299 g/mol. The van der Waals surface area contributed by atoms with Crippen LogP contribution in [0, 0.1) is 0 Å². The van der Waals surface area contributed by atoms with Gasteiger partial charge in [-0.1, -0.05) is 23.2 Å². The van der Waals surface area contributed by atoms with Gasteiger partial charge >= 0.3 is 5.69 Å². The maximum Gasteiger partial charge on any atom is 0.348 e. The van der Waals surface area contributed by atoms with Gasteiger partial charge in [0, 0.05) is 17.5 Å². The van der Waals surface area contributed by atoms with Crippen LogP contribution in [-0.2, 0) is 0 Å². The molecule has 7 heteroatoms. The summed E-state index contributed by atoms with van der Waals surface area (Å²) in [6.07, 6.45) is 2.06. The third-order valence-electron chi connectivity index (χ3n) is 3.51. The van der Waals surface area contributed by atoms with Crippen molar-refractivity contribution in [3.63, 3.8) is 0 Å². The van der Waals surface area contributed by atoms with E-state index in [1.165, 1.54) is 4.57 Å². The molecule has 0 saturated carbocycles. The van der Waals surface area contributed by atoms with Crippen molar-refractivity contribution in [2.24, 2.45) is 0 Å². The van der Waals surface area contributed by atoms with Gasteiger partial charge in [-0.05, 0) is 37.6 Å². The SMILES string of the molecule is O=c1[nH]nc(C2CCCNC2)n1-c1cc(Cl)ccc1Cl. The molecule has 20 heavy (non-hydrogen) atoms. The summed E-state index contributed by atoms with van der Waals surface area (Å²) in [5.74, 6) is 0.893. The molecule has 1 aromatic heterocycles. The monoisotopic (exact) mass is 312 g/mol. The molecule has 0 bridgehead atoms. The highest BCUT2D eigenvalue weighted by molar-refractivity contribution is 6.34. The van der Waals surface area contributed by atoms with Gasteiger partial charge in [0.1, 0.15) is 5.82 Å². The van der Waals surface area contributed by atoms with Crippen molar-refractivity contribution in [2.45, 2.75) is 18.8 Å². The van der Waals surface area contributed by atoms with Crippen LogP contribution in [0.15, 0.2) is 23.0 Å². The average molecular weight is 313 g/mol. The molecule has 1 unspecified atom stereocenters. The lowest BCUT2D eigenvalue weighted by atomic mass is 9.99. The van der Waals surface area contributed by atoms with E-state index in [2.05, 4.69) is 15.5 Å². The molecule has 2 aromatic rings. The molecule has 1 atom stereocenters. The summed E-state index contributed by atoms with van der Waals surface area (Å²) < 4.78 is 1.52. The van der Waals surface area contributed by atoms with E-state index in [1.807, 2.05) is 0 Å². The van der Waals surface area contributed by atoms with Crippen LogP contribution in [0.25, 0.3) is 5.69 Å². The number of aromatic amines is 1. The first-order valence-corrected chi connectivity index (χ1v) is 7.26. The van der Waals surface area contributed by atoms with E-state index in [0.29, 0.717) is 21.6 Å². The molecule has 0 radical (unpaired) electrons. The first-order chi connectivity index (χ1) is 9.66. The number of nitrogens with zero attached hydrogens (tertiary/aromatic N) is 2. The molecule has 1 fully saturated rings. The number of H-pyrrole nitrogens is 1. The largest absolute Gasteiger partial charge is 0.348 e. The number of hydrogen-bond acceptors (Lipinski definition) is 3. The fourth-order valence-electron chi connectivity index (χ4n) is 2.55. The van der Waals surface area contributed by atoms with Gasteiger partial charge < -0.3 is 5.32 Å². The minimum atomic E-state index is -0.297. The number of piperidine rings is 1. The Labute approximate surface area is 125 Å². The summed E-state index contributed by atoms with van der Waals surface area (Å²) in [7, 11) is 0. The summed E-state index contributed by atoms with van der Waals surface area (Å²) in [6.45, 7) is 1.81. The van der Waals surface area contributed by atoms with Crippen molar-refractivity contribution in [3.05, 3.63) is 44.6 Å². The molecule has 0 spiro atoms. The molecule has 0 aliphatic carbocycles. The number of benzene rings is 1. The van der Waals surface area contributed by atoms with Gasteiger partial charge in [-0.2, -0.15) is 5.10 Å². The molecule has 2 heterocycles. The second-order valence-corrected chi connectivity index (χ2v) is 5.71. The smallest absolute Gasteiger partial charge is 0.316 e. The molecule has 1 aliphatic rings. The summed E-state index contributed by atoms with van der Waals surface area (Å²) >= 11 is 12.2. The number of nitrogens with one attached hydrogen (secondary N) is 2. The molecule has 1 aliphatic heterocycles. The van der Waals surface area contributed by atoms with Gasteiger partial charge in [-0.15, -0.1) is 0 Å². The quantitative estimate of drug-likeness (QED) is 0.894. The Morgan fingerprint density at radius 1 is 1.35 bits per heavy atom. The van der Waals surface area contributed by atoms with E-state index in [-0.39, 0.29) is 11.6 Å². The van der Waals surface area contributed by atoms with Crippen LogP contribution >= 0.6 is 23.2 Å². The Morgan fingerprint density at radius 2 is 2.20 bits per heavy atom. The highest BCUT2D eigenvalue weighted by Crippen LogP contribution is 2.27.